The molecule has 1 amide bonds. The van der Waals surface area contributed by atoms with E-state index in [2.05, 4.69) is 11.6 Å². The standard InChI is InChI=1S/C26H23FN4O3/c1-3-24(32)29-14-12-19(16-29)31-22-11-13-28-15-23(22)30(26(31)33)18-9-7-17(8-10-18)20-5-4-6-21(27)25(20)34-2/h3-11,13,15,19H,1,12,14,16H2,2H3/t19-/m1/s1. The first-order chi connectivity index (χ1) is 16.5. The van der Waals surface area contributed by atoms with Crippen LogP contribution in [0.2, 0.25) is 0 Å². The first kappa shape index (κ1) is 21.6. The van der Waals surface area contributed by atoms with Gasteiger partial charge in [-0.1, -0.05) is 30.8 Å². The molecule has 172 valence electrons. The number of ether oxygens (including phenoxy) is 1. The largest absolute Gasteiger partial charge is 0.493 e. The zero-order valence-corrected chi connectivity index (χ0v) is 18.6. The predicted octanol–water partition coefficient (Wildman–Crippen LogP) is 3.96. The Bertz CT molecular complexity index is 1460. The van der Waals surface area contributed by atoms with Crippen LogP contribution in [0.1, 0.15) is 12.5 Å². The summed E-state index contributed by atoms with van der Waals surface area (Å²) in [4.78, 5) is 31.6. The number of amides is 1. The number of pyridine rings is 1. The summed E-state index contributed by atoms with van der Waals surface area (Å²) in [5, 5.41) is 0. The molecule has 1 aliphatic rings. The lowest BCUT2D eigenvalue weighted by Gasteiger charge is -2.15. The Morgan fingerprint density at radius 1 is 1.18 bits per heavy atom. The molecule has 3 heterocycles. The molecule has 1 aliphatic heterocycles. The van der Waals surface area contributed by atoms with E-state index in [4.69, 9.17) is 4.74 Å². The Hall–Kier alpha value is -4.20. The van der Waals surface area contributed by atoms with Crippen LogP contribution in [-0.4, -0.2) is 45.1 Å². The minimum absolute atomic E-state index is 0.135. The normalized spacial score (nSPS) is 15.6. The molecule has 0 bridgehead atoms. The summed E-state index contributed by atoms with van der Waals surface area (Å²) in [6.07, 6.45) is 5.30. The van der Waals surface area contributed by atoms with Gasteiger partial charge in [0.2, 0.25) is 5.91 Å². The van der Waals surface area contributed by atoms with Crippen LogP contribution in [0.5, 0.6) is 5.75 Å². The summed E-state index contributed by atoms with van der Waals surface area (Å²) >= 11 is 0. The lowest BCUT2D eigenvalue weighted by molar-refractivity contribution is -0.125. The number of imidazole rings is 1. The van der Waals surface area contributed by atoms with Gasteiger partial charge >= 0.3 is 5.69 Å². The number of aromatic nitrogens is 3. The monoisotopic (exact) mass is 458 g/mol. The van der Waals surface area contributed by atoms with Gasteiger partial charge in [-0.25, -0.2) is 9.18 Å². The Kier molecular flexibility index (Phi) is 5.49. The topological polar surface area (TPSA) is 69.4 Å². The molecule has 1 fully saturated rings. The molecular formula is C26H23FN4O3. The molecule has 2 aromatic heterocycles. The van der Waals surface area contributed by atoms with E-state index in [1.165, 1.54) is 19.3 Å². The van der Waals surface area contributed by atoms with E-state index in [-0.39, 0.29) is 23.4 Å². The molecule has 8 heteroatoms. The Morgan fingerprint density at radius 2 is 1.97 bits per heavy atom. The van der Waals surface area contributed by atoms with Crippen LogP contribution in [0.3, 0.4) is 0 Å². The van der Waals surface area contributed by atoms with E-state index >= 15 is 0 Å². The highest BCUT2D eigenvalue weighted by atomic mass is 19.1. The van der Waals surface area contributed by atoms with Crippen molar-refractivity contribution in [2.75, 3.05) is 20.2 Å². The fourth-order valence-corrected chi connectivity index (χ4v) is 4.69. The van der Waals surface area contributed by atoms with Crippen LogP contribution < -0.4 is 10.4 Å². The first-order valence-corrected chi connectivity index (χ1v) is 10.9. The highest BCUT2D eigenvalue weighted by molar-refractivity contribution is 5.87. The molecule has 0 aliphatic carbocycles. The number of para-hydroxylation sites is 1. The summed E-state index contributed by atoms with van der Waals surface area (Å²) in [5.41, 5.74) is 3.30. The first-order valence-electron chi connectivity index (χ1n) is 10.9. The van der Waals surface area contributed by atoms with Crippen LogP contribution in [0.4, 0.5) is 4.39 Å². The highest BCUT2D eigenvalue weighted by Crippen LogP contribution is 2.33. The predicted molar refractivity (Wildman–Crippen MR) is 128 cm³/mol. The van der Waals surface area contributed by atoms with Gasteiger partial charge in [-0.05, 0) is 42.3 Å². The molecule has 5 rings (SSSR count). The number of benzene rings is 2. The summed E-state index contributed by atoms with van der Waals surface area (Å²) in [6.45, 7) is 4.58. The summed E-state index contributed by atoms with van der Waals surface area (Å²) in [6, 6.07) is 13.8. The van der Waals surface area contributed by atoms with Gasteiger partial charge in [-0.3, -0.25) is 18.9 Å². The number of nitrogens with zero attached hydrogens (tertiary/aromatic N) is 4. The number of carbonyl (C=O) groups is 1. The zero-order valence-electron chi connectivity index (χ0n) is 18.6. The van der Waals surface area contributed by atoms with Crippen molar-refractivity contribution in [3.63, 3.8) is 0 Å². The van der Waals surface area contributed by atoms with E-state index in [9.17, 15) is 14.0 Å². The van der Waals surface area contributed by atoms with Crippen molar-refractivity contribution in [1.82, 2.24) is 19.0 Å². The number of rotatable bonds is 5. The van der Waals surface area contributed by atoms with Crippen LogP contribution in [0, 0.1) is 5.82 Å². The number of hydrogen-bond acceptors (Lipinski definition) is 4. The summed E-state index contributed by atoms with van der Waals surface area (Å²) in [5.74, 6) is -0.396. The number of hydrogen-bond donors (Lipinski definition) is 0. The van der Waals surface area contributed by atoms with Gasteiger partial charge in [-0.15, -0.1) is 0 Å². The number of carbonyl (C=O) groups excluding carboxylic acids is 1. The Morgan fingerprint density at radius 3 is 2.71 bits per heavy atom. The molecule has 4 aromatic rings. The third-order valence-corrected chi connectivity index (χ3v) is 6.30. The third kappa shape index (κ3) is 3.48. The van der Waals surface area contributed by atoms with E-state index in [1.807, 2.05) is 30.3 Å². The minimum Gasteiger partial charge on any atom is -0.493 e. The fourth-order valence-electron chi connectivity index (χ4n) is 4.69. The van der Waals surface area contributed by atoms with Crippen molar-refractivity contribution in [3.05, 3.63) is 89.9 Å². The molecule has 0 spiro atoms. The lowest BCUT2D eigenvalue weighted by atomic mass is 10.0. The zero-order chi connectivity index (χ0) is 23.8. The van der Waals surface area contributed by atoms with Crippen molar-refractivity contribution in [1.29, 1.82) is 0 Å². The maximum absolute atomic E-state index is 14.1. The van der Waals surface area contributed by atoms with Crippen LogP contribution in [-0.2, 0) is 4.79 Å². The van der Waals surface area contributed by atoms with E-state index in [0.717, 1.165) is 11.1 Å². The van der Waals surface area contributed by atoms with Crippen molar-refractivity contribution < 1.29 is 13.9 Å². The number of fused-ring (bicyclic) bond motifs is 1. The average Bonchev–Trinajstić information content (AvgIpc) is 3.45. The second-order valence-corrected chi connectivity index (χ2v) is 8.15. The van der Waals surface area contributed by atoms with Gasteiger partial charge < -0.3 is 9.64 Å². The summed E-state index contributed by atoms with van der Waals surface area (Å²) in [7, 11) is 1.43. The summed E-state index contributed by atoms with van der Waals surface area (Å²) < 4.78 is 22.8. The SMILES string of the molecule is C=CC(=O)N1CC[C@@H](n2c(=O)n(-c3ccc(-c4cccc(F)c4OC)cc3)c3cnccc32)C1. The van der Waals surface area contributed by atoms with E-state index in [1.54, 1.807) is 38.6 Å². The minimum atomic E-state index is -0.435. The highest BCUT2D eigenvalue weighted by Gasteiger charge is 2.30. The second kappa shape index (κ2) is 8.62. The maximum atomic E-state index is 14.1. The van der Waals surface area contributed by atoms with Gasteiger partial charge in [0.05, 0.1) is 36.1 Å². The van der Waals surface area contributed by atoms with Crippen LogP contribution >= 0.6 is 0 Å². The van der Waals surface area contributed by atoms with E-state index in [0.29, 0.717) is 36.3 Å². The quantitative estimate of drug-likeness (QED) is 0.425. The van der Waals surface area contributed by atoms with Crippen molar-refractivity contribution in [2.24, 2.45) is 0 Å². The van der Waals surface area contributed by atoms with Crippen LogP contribution in [0.25, 0.3) is 27.8 Å². The van der Waals surface area contributed by atoms with Gasteiger partial charge in [0.25, 0.3) is 0 Å². The molecule has 0 radical (unpaired) electrons. The molecule has 1 saturated heterocycles. The van der Waals surface area contributed by atoms with Gasteiger partial charge in [0.1, 0.15) is 0 Å². The number of halogens is 1. The number of likely N-dealkylation sites (tertiary alicyclic amines) is 1. The molecule has 1 atom stereocenters. The fraction of sp³-hybridized carbons (Fsp3) is 0.192. The van der Waals surface area contributed by atoms with Crippen molar-refractivity contribution in [3.8, 4) is 22.6 Å². The van der Waals surface area contributed by atoms with Crippen LogP contribution in [0.15, 0.2) is 78.4 Å². The number of methoxy groups -OCH3 is 1. The molecule has 0 unspecified atom stereocenters. The van der Waals surface area contributed by atoms with Crippen molar-refractivity contribution >= 4 is 16.9 Å². The average molecular weight is 458 g/mol. The molecular weight excluding hydrogens is 435 g/mol. The van der Waals surface area contributed by atoms with Crippen molar-refractivity contribution in [2.45, 2.75) is 12.5 Å². The van der Waals surface area contributed by atoms with Gasteiger partial charge in [0, 0.05) is 24.8 Å². The molecule has 0 saturated carbocycles. The molecule has 7 nitrogen and oxygen atoms in total. The third-order valence-electron chi connectivity index (χ3n) is 6.30. The maximum Gasteiger partial charge on any atom is 0.334 e. The van der Waals surface area contributed by atoms with Gasteiger partial charge in [-0.2, -0.15) is 0 Å². The Balaban J connectivity index is 1.58. The van der Waals surface area contributed by atoms with Gasteiger partial charge in [0.15, 0.2) is 11.6 Å². The Labute approximate surface area is 195 Å². The smallest absolute Gasteiger partial charge is 0.334 e. The molecule has 2 aromatic carbocycles. The molecule has 34 heavy (non-hydrogen) atoms. The molecule has 0 N–H and O–H groups in total. The lowest BCUT2D eigenvalue weighted by Crippen LogP contribution is -2.31. The van der Waals surface area contributed by atoms with E-state index < -0.39 is 5.82 Å². The second-order valence-electron chi connectivity index (χ2n) is 8.15.